The molecule has 0 spiro atoms. The number of hydrogen-bond acceptors (Lipinski definition) is 5. The highest BCUT2D eigenvalue weighted by Crippen LogP contribution is 2.41. The molecular formula is C30H41NO4S. The third-order valence-electron chi connectivity index (χ3n) is 5.98. The molecule has 0 saturated heterocycles. The van der Waals surface area contributed by atoms with Crippen LogP contribution in [0.15, 0.2) is 29.8 Å². The highest BCUT2D eigenvalue weighted by atomic mass is 32.1. The van der Waals surface area contributed by atoms with E-state index < -0.39 is 5.97 Å². The number of aliphatic carboxylic acids is 1. The summed E-state index contributed by atoms with van der Waals surface area (Å²) in [5.41, 5.74) is 1.91. The molecule has 0 atom stereocenters. The van der Waals surface area contributed by atoms with Gasteiger partial charge in [0.05, 0.1) is 13.2 Å². The summed E-state index contributed by atoms with van der Waals surface area (Å²) in [5.74, 6) is 0.380. The fourth-order valence-corrected chi connectivity index (χ4v) is 5.06. The maximum absolute atomic E-state index is 11.4. The molecule has 1 aromatic carbocycles. The average molecular weight is 512 g/mol. The molecule has 0 radical (unpaired) electrons. The van der Waals surface area contributed by atoms with E-state index in [1.807, 2.05) is 18.2 Å². The second kappa shape index (κ2) is 16.8. The Bertz CT molecular complexity index is 1020. The van der Waals surface area contributed by atoms with Gasteiger partial charge in [0.25, 0.3) is 0 Å². The van der Waals surface area contributed by atoms with Crippen LogP contribution < -0.4 is 9.47 Å². The fourth-order valence-electron chi connectivity index (χ4n) is 3.88. The molecule has 0 aliphatic carbocycles. The maximum Gasteiger partial charge on any atom is 0.346 e. The van der Waals surface area contributed by atoms with Crippen molar-refractivity contribution in [2.75, 3.05) is 13.2 Å². The van der Waals surface area contributed by atoms with Crippen molar-refractivity contribution in [2.24, 2.45) is 0 Å². The van der Waals surface area contributed by atoms with Crippen LogP contribution in [0.4, 0.5) is 0 Å². The van der Waals surface area contributed by atoms with E-state index in [-0.39, 0.29) is 5.57 Å². The zero-order valence-corrected chi connectivity index (χ0v) is 22.9. The van der Waals surface area contributed by atoms with Gasteiger partial charge >= 0.3 is 5.97 Å². The fraction of sp³-hybridized carbons (Fsp3) is 0.533. The van der Waals surface area contributed by atoms with E-state index in [4.69, 9.17) is 9.47 Å². The standard InChI is InChI=1S/C30H41NO4S/c1-4-7-10-11-12-13-14-23-19-26(20-24(22-31)30(32)33)36-29(23)27-16-15-25(34-17-8-5-2)21-28(27)35-18-9-6-3/h15-16,19-21H,4-14,17-18H2,1-3H3,(H,32,33)/b24-20-. The largest absolute Gasteiger partial charge is 0.493 e. The lowest BCUT2D eigenvalue weighted by Gasteiger charge is -2.14. The van der Waals surface area contributed by atoms with Gasteiger partial charge < -0.3 is 14.6 Å². The predicted molar refractivity (Wildman–Crippen MR) is 149 cm³/mol. The average Bonchev–Trinajstić information content (AvgIpc) is 3.27. The topological polar surface area (TPSA) is 79.6 Å². The summed E-state index contributed by atoms with van der Waals surface area (Å²) < 4.78 is 12.2. The second-order valence-electron chi connectivity index (χ2n) is 9.06. The smallest absolute Gasteiger partial charge is 0.346 e. The number of benzene rings is 1. The highest BCUT2D eigenvalue weighted by Gasteiger charge is 2.17. The quantitative estimate of drug-likeness (QED) is 0.123. The molecule has 0 unspecified atom stereocenters. The Morgan fingerprint density at radius 2 is 1.61 bits per heavy atom. The number of carboxylic acid groups (broad SMARTS) is 1. The summed E-state index contributed by atoms with van der Waals surface area (Å²) in [6, 6.07) is 9.84. The number of ether oxygens (including phenoxy) is 2. The van der Waals surface area contributed by atoms with Gasteiger partial charge in [-0.05, 0) is 55.5 Å². The van der Waals surface area contributed by atoms with Gasteiger partial charge in [-0.15, -0.1) is 11.3 Å². The van der Waals surface area contributed by atoms with E-state index in [0.717, 1.165) is 65.3 Å². The normalized spacial score (nSPS) is 11.3. The van der Waals surface area contributed by atoms with Crippen molar-refractivity contribution >= 4 is 23.4 Å². The zero-order chi connectivity index (χ0) is 26.2. The molecule has 2 rings (SSSR count). The molecule has 0 bridgehead atoms. The molecule has 1 N–H and O–H groups in total. The zero-order valence-electron chi connectivity index (χ0n) is 22.1. The summed E-state index contributed by atoms with van der Waals surface area (Å²) in [6.45, 7) is 7.81. The van der Waals surface area contributed by atoms with E-state index >= 15 is 0 Å². The predicted octanol–water partition coefficient (Wildman–Crippen LogP) is 8.67. The lowest BCUT2D eigenvalue weighted by atomic mass is 10.0. The summed E-state index contributed by atoms with van der Waals surface area (Å²) in [7, 11) is 0. The van der Waals surface area contributed by atoms with Crippen LogP contribution in [0, 0.1) is 11.3 Å². The van der Waals surface area contributed by atoms with Gasteiger partial charge in [0.1, 0.15) is 23.1 Å². The molecule has 0 aliphatic rings. The first-order valence-corrected chi connectivity index (χ1v) is 14.2. The van der Waals surface area contributed by atoms with E-state index in [2.05, 4.69) is 26.8 Å². The Morgan fingerprint density at radius 1 is 0.944 bits per heavy atom. The number of unbranched alkanes of at least 4 members (excludes halogenated alkanes) is 7. The first kappa shape index (κ1) is 29.5. The minimum Gasteiger partial charge on any atom is -0.493 e. The van der Waals surface area contributed by atoms with Crippen molar-refractivity contribution in [1.82, 2.24) is 0 Å². The third-order valence-corrected chi connectivity index (χ3v) is 7.14. The van der Waals surface area contributed by atoms with Crippen LogP contribution in [0.25, 0.3) is 16.5 Å². The number of rotatable bonds is 18. The first-order valence-electron chi connectivity index (χ1n) is 13.4. The van der Waals surface area contributed by atoms with Crippen LogP contribution in [0.3, 0.4) is 0 Å². The van der Waals surface area contributed by atoms with Gasteiger partial charge in [0.2, 0.25) is 0 Å². The minimum atomic E-state index is -1.21. The summed E-state index contributed by atoms with van der Waals surface area (Å²) in [6.07, 6.45) is 13.7. The molecular weight excluding hydrogens is 470 g/mol. The number of carboxylic acids is 1. The molecule has 6 heteroatoms. The van der Waals surface area contributed by atoms with Crippen molar-refractivity contribution in [1.29, 1.82) is 5.26 Å². The molecule has 0 aliphatic heterocycles. The third kappa shape index (κ3) is 9.70. The second-order valence-corrected chi connectivity index (χ2v) is 10.1. The van der Waals surface area contributed by atoms with E-state index in [0.29, 0.717) is 13.2 Å². The van der Waals surface area contributed by atoms with Crippen LogP contribution in [0.2, 0.25) is 0 Å². The van der Waals surface area contributed by atoms with Crippen LogP contribution in [-0.2, 0) is 11.2 Å². The number of aryl methyl sites for hydroxylation is 1. The van der Waals surface area contributed by atoms with Gasteiger partial charge in [0, 0.05) is 21.4 Å². The number of nitrogens with zero attached hydrogens (tertiary/aromatic N) is 1. The van der Waals surface area contributed by atoms with Crippen molar-refractivity contribution in [2.45, 2.75) is 91.4 Å². The van der Waals surface area contributed by atoms with Crippen molar-refractivity contribution in [3.8, 4) is 28.0 Å². The van der Waals surface area contributed by atoms with Crippen LogP contribution >= 0.6 is 11.3 Å². The monoisotopic (exact) mass is 511 g/mol. The van der Waals surface area contributed by atoms with Gasteiger partial charge in [-0.3, -0.25) is 0 Å². The molecule has 196 valence electrons. The van der Waals surface area contributed by atoms with Gasteiger partial charge in [0.15, 0.2) is 0 Å². The van der Waals surface area contributed by atoms with Gasteiger partial charge in [-0.1, -0.05) is 65.7 Å². The molecule has 0 saturated carbocycles. The van der Waals surface area contributed by atoms with Crippen molar-refractivity contribution < 1.29 is 19.4 Å². The minimum absolute atomic E-state index is 0.256. The molecule has 5 nitrogen and oxygen atoms in total. The molecule has 1 aromatic heterocycles. The Labute approximate surface area is 220 Å². The molecule has 1 heterocycles. The lowest BCUT2D eigenvalue weighted by molar-refractivity contribution is -0.132. The molecule has 0 fully saturated rings. The Balaban J connectivity index is 2.40. The lowest BCUT2D eigenvalue weighted by Crippen LogP contribution is -2.01. The van der Waals surface area contributed by atoms with Crippen LogP contribution in [0.1, 0.15) is 95.4 Å². The van der Waals surface area contributed by atoms with E-state index in [1.54, 1.807) is 6.07 Å². The number of thiophene rings is 1. The number of hydrogen-bond donors (Lipinski definition) is 1. The Morgan fingerprint density at radius 3 is 2.28 bits per heavy atom. The summed E-state index contributed by atoms with van der Waals surface area (Å²) >= 11 is 1.51. The summed E-state index contributed by atoms with van der Waals surface area (Å²) in [5, 5.41) is 18.6. The molecule has 36 heavy (non-hydrogen) atoms. The highest BCUT2D eigenvalue weighted by molar-refractivity contribution is 7.16. The van der Waals surface area contributed by atoms with E-state index in [1.165, 1.54) is 55.1 Å². The molecule has 2 aromatic rings. The van der Waals surface area contributed by atoms with Gasteiger partial charge in [-0.25, -0.2) is 4.79 Å². The Kier molecular flexibility index (Phi) is 13.8. The number of nitriles is 1. The van der Waals surface area contributed by atoms with Gasteiger partial charge in [-0.2, -0.15) is 5.26 Å². The van der Waals surface area contributed by atoms with Crippen LogP contribution in [-0.4, -0.2) is 24.3 Å². The number of carbonyl (C=O) groups is 1. The van der Waals surface area contributed by atoms with E-state index in [9.17, 15) is 15.2 Å². The maximum atomic E-state index is 11.4. The SMILES string of the molecule is CCCCCCCCc1cc(/C=C(/C#N)C(=O)O)sc1-c1ccc(OCCCC)cc1OCCCC. The first-order chi connectivity index (χ1) is 17.5. The van der Waals surface area contributed by atoms with Crippen molar-refractivity contribution in [3.63, 3.8) is 0 Å². The molecule has 0 amide bonds. The summed E-state index contributed by atoms with van der Waals surface area (Å²) in [4.78, 5) is 13.3. The van der Waals surface area contributed by atoms with Crippen molar-refractivity contribution in [3.05, 3.63) is 40.3 Å². The van der Waals surface area contributed by atoms with Crippen LogP contribution in [0.5, 0.6) is 11.5 Å². The Hall–Kier alpha value is -2.78.